The van der Waals surface area contributed by atoms with Crippen molar-refractivity contribution in [3.63, 3.8) is 0 Å². The summed E-state index contributed by atoms with van der Waals surface area (Å²) >= 11 is 0. The van der Waals surface area contributed by atoms with Crippen molar-refractivity contribution in [2.24, 2.45) is 11.8 Å². The van der Waals surface area contributed by atoms with Gasteiger partial charge in [-0.25, -0.2) is 0 Å². The number of allylic oxidation sites excluding steroid dienone is 4. The molecule has 0 atom stereocenters. The van der Waals surface area contributed by atoms with Gasteiger partial charge in [-0.15, -0.1) is 0 Å². The van der Waals surface area contributed by atoms with Crippen molar-refractivity contribution in [3.8, 4) is 0 Å². The average Bonchev–Trinajstić information content (AvgIpc) is 2.73. The van der Waals surface area contributed by atoms with E-state index in [-0.39, 0.29) is 11.6 Å². The van der Waals surface area contributed by atoms with Crippen LogP contribution in [-0.4, -0.2) is 11.6 Å². The monoisotopic (exact) mass is 440 g/mol. The van der Waals surface area contributed by atoms with Gasteiger partial charge in [0.2, 0.25) is 0 Å². The van der Waals surface area contributed by atoms with Gasteiger partial charge in [-0.05, 0) is 82.1 Å². The molecule has 1 aliphatic rings. The number of carbonyl (C=O) groups is 2. The molecule has 0 aliphatic heterocycles. The number of fused-ring (bicyclic) bond motifs is 1. The molecule has 2 nitrogen and oxygen atoms in total. The Morgan fingerprint density at radius 2 is 1.47 bits per heavy atom. The number of ketones is 2. The summed E-state index contributed by atoms with van der Waals surface area (Å²) in [7, 11) is 0. The first-order valence-corrected chi connectivity index (χ1v) is 12.1. The van der Waals surface area contributed by atoms with Gasteiger partial charge in [0.15, 0.2) is 0 Å². The lowest BCUT2D eigenvalue weighted by Gasteiger charge is -2.21. The predicted molar refractivity (Wildman–Crippen MR) is 144 cm³/mol. The summed E-state index contributed by atoms with van der Waals surface area (Å²) < 4.78 is 0. The van der Waals surface area contributed by atoms with Crippen LogP contribution in [0.1, 0.15) is 106 Å². The molecule has 180 valence electrons. The number of benzene rings is 1. The zero-order chi connectivity index (χ0) is 25.4. The molecular weight excluding hydrogens is 392 g/mol. The second kappa shape index (κ2) is 17.3. The van der Waals surface area contributed by atoms with E-state index in [9.17, 15) is 9.59 Å². The van der Waals surface area contributed by atoms with Crippen LogP contribution in [0.15, 0.2) is 42.0 Å². The fourth-order valence-electron chi connectivity index (χ4n) is 2.97. The Kier molecular flexibility index (Phi) is 17.3. The molecule has 0 unspecified atom stereocenters. The summed E-state index contributed by atoms with van der Waals surface area (Å²) in [5, 5.41) is 0. The summed E-state index contributed by atoms with van der Waals surface area (Å²) in [6.07, 6.45) is 6.70. The Balaban J connectivity index is 0. The molecule has 0 amide bonds. The highest BCUT2D eigenvalue weighted by atomic mass is 16.1. The quantitative estimate of drug-likeness (QED) is 0.338. The smallest absolute Gasteiger partial charge is 0.144 e. The topological polar surface area (TPSA) is 34.1 Å². The number of aryl methyl sites for hydroxylation is 1. The van der Waals surface area contributed by atoms with Crippen molar-refractivity contribution in [1.82, 2.24) is 0 Å². The number of rotatable bonds is 5. The minimum Gasteiger partial charge on any atom is -0.299 e. The second-order valence-electron chi connectivity index (χ2n) is 8.84. The van der Waals surface area contributed by atoms with Gasteiger partial charge in [-0.1, -0.05) is 89.6 Å². The molecule has 0 radical (unpaired) electrons. The molecule has 0 saturated carbocycles. The normalized spacial score (nSPS) is 11.3. The van der Waals surface area contributed by atoms with Crippen LogP contribution in [0.5, 0.6) is 0 Å². The van der Waals surface area contributed by atoms with Gasteiger partial charge in [-0.3, -0.25) is 9.59 Å². The third kappa shape index (κ3) is 12.6. The number of carbonyl (C=O) groups excluding carboxylic acids is 2. The summed E-state index contributed by atoms with van der Waals surface area (Å²) in [6.45, 7) is 25.9. The molecule has 2 heteroatoms. The molecule has 0 fully saturated rings. The Bertz CT molecular complexity index is 770. The molecule has 0 aromatic heterocycles. The third-order valence-corrected chi connectivity index (χ3v) is 4.76. The zero-order valence-electron chi connectivity index (χ0n) is 22.7. The summed E-state index contributed by atoms with van der Waals surface area (Å²) in [6, 6.07) is 6.33. The van der Waals surface area contributed by atoms with Gasteiger partial charge >= 0.3 is 0 Å². The molecule has 1 aliphatic carbocycles. The van der Waals surface area contributed by atoms with Crippen LogP contribution in [0.4, 0.5) is 0 Å². The fraction of sp³-hybridized carbons (Fsp3) is 0.533. The first-order valence-electron chi connectivity index (χ1n) is 12.1. The van der Waals surface area contributed by atoms with Crippen LogP contribution in [0.25, 0.3) is 11.6 Å². The van der Waals surface area contributed by atoms with Gasteiger partial charge in [0, 0.05) is 0 Å². The van der Waals surface area contributed by atoms with Crippen LogP contribution >= 0.6 is 0 Å². The van der Waals surface area contributed by atoms with Crippen molar-refractivity contribution in [2.45, 2.75) is 95.4 Å². The summed E-state index contributed by atoms with van der Waals surface area (Å²) in [5.41, 5.74) is 7.04. The largest absolute Gasteiger partial charge is 0.299 e. The SMILES string of the molecule is C=C(CC)c1ccc2c(c1)CCC(C(C(C)=O)C(C)=O)=C2.CC.CC(C)C.CC=C(C)C. The van der Waals surface area contributed by atoms with Crippen LogP contribution in [0, 0.1) is 11.8 Å². The van der Waals surface area contributed by atoms with Crippen LogP contribution < -0.4 is 0 Å². The van der Waals surface area contributed by atoms with Crippen molar-refractivity contribution in [3.05, 3.63) is 58.7 Å². The van der Waals surface area contributed by atoms with E-state index < -0.39 is 5.92 Å². The molecular formula is C30H48O2. The molecule has 0 heterocycles. The molecule has 2 rings (SSSR count). The van der Waals surface area contributed by atoms with Crippen LogP contribution in [-0.2, 0) is 16.0 Å². The van der Waals surface area contributed by atoms with Crippen LogP contribution in [0.2, 0.25) is 0 Å². The standard InChI is InChI=1S/C19H22O2.C5H10.C4H10.C2H6/c1-5-12(2)15-6-7-17-11-18(9-8-16(17)10-15)19(13(3)20)14(4)21;1-4-5(2)3;1-4(2)3;1-2/h6-7,10-11,19H,2,5,8-9H2,1,3-4H3;4H,1-3H3;4H,1-3H3;1-2H3. The molecule has 0 saturated heterocycles. The molecule has 0 spiro atoms. The van der Waals surface area contributed by atoms with E-state index in [0.717, 1.165) is 41.9 Å². The minimum atomic E-state index is -0.566. The predicted octanol–water partition coefficient (Wildman–Crippen LogP) is 8.89. The highest BCUT2D eigenvalue weighted by Gasteiger charge is 2.26. The van der Waals surface area contributed by atoms with E-state index in [1.165, 1.54) is 30.5 Å². The Morgan fingerprint density at radius 1 is 1.00 bits per heavy atom. The van der Waals surface area contributed by atoms with Gasteiger partial charge in [0.25, 0.3) is 0 Å². The lowest BCUT2D eigenvalue weighted by atomic mass is 9.81. The van der Waals surface area contributed by atoms with Crippen molar-refractivity contribution >= 4 is 23.2 Å². The van der Waals surface area contributed by atoms with E-state index in [1.54, 1.807) is 0 Å². The Hall–Kier alpha value is -2.22. The van der Waals surface area contributed by atoms with E-state index in [1.807, 2.05) is 26.8 Å². The first kappa shape index (κ1) is 32.0. The third-order valence-electron chi connectivity index (χ3n) is 4.76. The van der Waals surface area contributed by atoms with Crippen molar-refractivity contribution < 1.29 is 9.59 Å². The maximum absolute atomic E-state index is 11.7. The molecule has 0 N–H and O–H groups in total. The lowest BCUT2D eigenvalue weighted by molar-refractivity contribution is -0.128. The minimum absolute atomic E-state index is 0.0619. The number of hydrogen-bond acceptors (Lipinski definition) is 2. The fourth-order valence-corrected chi connectivity index (χ4v) is 2.97. The zero-order valence-corrected chi connectivity index (χ0v) is 22.7. The Labute approximate surface area is 198 Å². The van der Waals surface area contributed by atoms with E-state index in [2.05, 4.69) is 72.4 Å². The highest BCUT2D eigenvalue weighted by molar-refractivity contribution is 6.04. The van der Waals surface area contributed by atoms with Gasteiger partial charge in [0.1, 0.15) is 11.6 Å². The van der Waals surface area contributed by atoms with Crippen molar-refractivity contribution in [2.75, 3.05) is 0 Å². The van der Waals surface area contributed by atoms with Gasteiger partial charge in [0.05, 0.1) is 5.92 Å². The summed E-state index contributed by atoms with van der Waals surface area (Å²) in [4.78, 5) is 23.4. The number of hydrogen-bond donors (Lipinski definition) is 0. The van der Waals surface area contributed by atoms with E-state index >= 15 is 0 Å². The average molecular weight is 441 g/mol. The highest BCUT2D eigenvalue weighted by Crippen LogP contribution is 2.31. The maximum atomic E-state index is 11.7. The molecule has 1 aromatic carbocycles. The molecule has 1 aromatic rings. The first-order chi connectivity index (χ1) is 14.9. The molecule has 32 heavy (non-hydrogen) atoms. The van der Waals surface area contributed by atoms with E-state index in [0.29, 0.717) is 0 Å². The number of Topliss-reactive ketones (excluding diaryl/α,β-unsaturated/α-hetero) is 2. The van der Waals surface area contributed by atoms with Gasteiger partial charge in [-0.2, -0.15) is 0 Å². The molecule has 0 bridgehead atoms. The maximum Gasteiger partial charge on any atom is 0.144 e. The van der Waals surface area contributed by atoms with Crippen LogP contribution in [0.3, 0.4) is 0 Å². The Morgan fingerprint density at radius 3 is 1.84 bits per heavy atom. The second-order valence-corrected chi connectivity index (χ2v) is 8.84. The lowest BCUT2D eigenvalue weighted by Crippen LogP contribution is -2.23. The van der Waals surface area contributed by atoms with Crippen molar-refractivity contribution in [1.29, 1.82) is 0 Å². The van der Waals surface area contributed by atoms with E-state index in [4.69, 9.17) is 0 Å². The van der Waals surface area contributed by atoms with Gasteiger partial charge < -0.3 is 0 Å². The summed E-state index contributed by atoms with van der Waals surface area (Å²) in [5.74, 6) is 0.143.